The highest BCUT2D eigenvalue weighted by Gasteiger charge is 2.51. The molecule has 0 unspecified atom stereocenters. The third-order valence-electron chi connectivity index (χ3n) is 9.57. The van der Waals surface area contributed by atoms with E-state index in [1.54, 1.807) is 48.5 Å². The molecule has 0 aliphatic carbocycles. The van der Waals surface area contributed by atoms with E-state index in [-0.39, 0.29) is 19.8 Å². The minimum atomic E-state index is -1.67. The van der Waals surface area contributed by atoms with Crippen molar-refractivity contribution < 1.29 is 57.4 Å². The van der Waals surface area contributed by atoms with Crippen molar-refractivity contribution in [2.24, 2.45) is 0 Å². The minimum absolute atomic E-state index is 0.0362. The van der Waals surface area contributed by atoms with Crippen molar-refractivity contribution in [3.05, 3.63) is 179 Å². The van der Waals surface area contributed by atoms with Crippen molar-refractivity contribution in [2.45, 2.75) is 49.5 Å². The van der Waals surface area contributed by atoms with Crippen LogP contribution in [-0.4, -0.2) is 86.7 Å². The van der Waals surface area contributed by atoms with Crippen molar-refractivity contribution in [1.82, 2.24) is 10.6 Å². The molecule has 2 amide bonds. The number of nitrogens with one attached hydrogen (secondary N) is 2. The van der Waals surface area contributed by atoms with Gasteiger partial charge in [0.25, 0.3) is 0 Å². The number of amides is 2. The van der Waals surface area contributed by atoms with Crippen molar-refractivity contribution in [2.75, 3.05) is 26.8 Å². The number of rotatable bonds is 17. The molecule has 5 aromatic carbocycles. The maximum atomic E-state index is 13.3. The Hall–Kier alpha value is -6.58. The number of benzene rings is 5. The normalized spacial score (nSPS) is 18.7. The van der Waals surface area contributed by atoms with E-state index >= 15 is 0 Å². The highest BCUT2D eigenvalue weighted by atomic mass is 16.7. The average Bonchev–Trinajstić information content (AvgIpc) is 3.30. The standard InChI is InChI=1S/C46H46N2O12/c1-54-43-42(60-39(50)28-48-45(53)56-30-33-19-9-3-10-20-33)41(59-38(49)27-47-44(52)55-29-32-17-7-2-8-18-32)40(51)37(58-43)31-57-46(34-21-11-4-12-22-34,35-23-13-5-14-24-35)36-25-15-6-16-26-36/h2-26,37,40-43,51H,27-31H2,1H3,(H,47,52)(H,48,53)/t37-,40-,41+,42-,43-/m0/s1. The number of aliphatic hydroxyl groups is 1. The summed E-state index contributed by atoms with van der Waals surface area (Å²) < 4.78 is 40.5. The molecule has 0 saturated carbocycles. The molecule has 1 saturated heterocycles. The summed E-state index contributed by atoms with van der Waals surface area (Å²) in [7, 11) is 1.28. The molecule has 14 heteroatoms. The Morgan fingerprint density at radius 2 is 0.967 bits per heavy atom. The largest absolute Gasteiger partial charge is 0.454 e. The number of methoxy groups -OCH3 is 1. The second-order valence-electron chi connectivity index (χ2n) is 13.6. The summed E-state index contributed by atoms with van der Waals surface area (Å²) in [6.07, 6.45) is -9.25. The van der Waals surface area contributed by atoms with E-state index < -0.39 is 73.5 Å². The number of ether oxygens (including phenoxy) is 7. The summed E-state index contributed by atoms with van der Waals surface area (Å²) >= 11 is 0. The molecule has 0 radical (unpaired) electrons. The van der Waals surface area contributed by atoms with E-state index in [4.69, 9.17) is 33.2 Å². The number of carbonyl (C=O) groups excluding carboxylic acids is 4. The van der Waals surface area contributed by atoms with Crippen LogP contribution in [0.1, 0.15) is 27.8 Å². The van der Waals surface area contributed by atoms with Gasteiger partial charge in [-0.3, -0.25) is 9.59 Å². The van der Waals surface area contributed by atoms with Gasteiger partial charge in [0.1, 0.15) is 44.1 Å². The molecule has 1 heterocycles. The van der Waals surface area contributed by atoms with Crippen molar-refractivity contribution in [1.29, 1.82) is 0 Å². The summed E-state index contributed by atoms with van der Waals surface area (Å²) in [4.78, 5) is 51.3. The number of alkyl carbamates (subject to hydrolysis) is 2. The first-order valence-corrected chi connectivity index (χ1v) is 19.2. The van der Waals surface area contributed by atoms with Gasteiger partial charge < -0.3 is 48.9 Å². The third-order valence-corrected chi connectivity index (χ3v) is 9.57. The lowest BCUT2D eigenvalue weighted by molar-refractivity contribution is -0.304. The zero-order chi connectivity index (χ0) is 42.2. The minimum Gasteiger partial charge on any atom is -0.454 e. The second-order valence-corrected chi connectivity index (χ2v) is 13.6. The molecule has 0 spiro atoms. The molecule has 312 valence electrons. The first kappa shape index (κ1) is 43.0. The van der Waals surface area contributed by atoms with Gasteiger partial charge >= 0.3 is 24.1 Å². The highest BCUT2D eigenvalue weighted by molar-refractivity contribution is 5.79. The Morgan fingerprint density at radius 3 is 1.37 bits per heavy atom. The Kier molecular flexibility index (Phi) is 15.4. The van der Waals surface area contributed by atoms with Gasteiger partial charge in [-0.15, -0.1) is 0 Å². The van der Waals surface area contributed by atoms with Crippen molar-refractivity contribution >= 4 is 24.1 Å². The van der Waals surface area contributed by atoms with Gasteiger partial charge in [-0.05, 0) is 27.8 Å². The molecule has 5 aromatic rings. The topological polar surface area (TPSA) is 177 Å². The first-order chi connectivity index (χ1) is 29.3. The molecule has 14 nitrogen and oxygen atoms in total. The summed E-state index contributed by atoms with van der Waals surface area (Å²) in [6, 6.07) is 46.5. The summed E-state index contributed by atoms with van der Waals surface area (Å²) in [5.74, 6) is -1.98. The van der Waals surface area contributed by atoms with Crippen LogP contribution in [0, 0.1) is 0 Å². The Morgan fingerprint density at radius 1 is 0.583 bits per heavy atom. The molecule has 5 atom stereocenters. The van der Waals surface area contributed by atoms with E-state index in [0.717, 1.165) is 27.8 Å². The van der Waals surface area contributed by atoms with E-state index in [2.05, 4.69) is 10.6 Å². The molecule has 1 aliphatic heterocycles. The predicted octanol–water partition coefficient (Wildman–Crippen LogP) is 5.40. The first-order valence-electron chi connectivity index (χ1n) is 19.2. The van der Waals surface area contributed by atoms with Gasteiger partial charge in [0.15, 0.2) is 18.5 Å². The Labute approximate surface area is 347 Å². The average molecular weight is 819 g/mol. The van der Waals surface area contributed by atoms with Crippen LogP contribution < -0.4 is 10.6 Å². The van der Waals surface area contributed by atoms with E-state index in [1.165, 1.54) is 7.11 Å². The summed E-state index contributed by atoms with van der Waals surface area (Å²) in [6.45, 7) is -1.67. The van der Waals surface area contributed by atoms with Crippen LogP contribution in [0.5, 0.6) is 0 Å². The third kappa shape index (κ3) is 11.3. The quantitative estimate of drug-likeness (QED) is 0.0620. The van der Waals surface area contributed by atoms with Gasteiger partial charge in [-0.1, -0.05) is 152 Å². The molecule has 6 rings (SSSR count). The summed E-state index contributed by atoms with van der Waals surface area (Å²) in [5, 5.41) is 16.6. The smallest absolute Gasteiger partial charge is 0.407 e. The fraction of sp³-hybridized carbons (Fsp3) is 0.261. The fourth-order valence-electron chi connectivity index (χ4n) is 6.68. The Balaban J connectivity index is 1.20. The van der Waals surface area contributed by atoms with Gasteiger partial charge in [0, 0.05) is 7.11 Å². The van der Waals surface area contributed by atoms with Gasteiger partial charge in [-0.25, -0.2) is 9.59 Å². The van der Waals surface area contributed by atoms with Crippen LogP contribution in [0.15, 0.2) is 152 Å². The molecule has 3 N–H and O–H groups in total. The zero-order valence-corrected chi connectivity index (χ0v) is 32.8. The van der Waals surface area contributed by atoms with Crippen molar-refractivity contribution in [3.63, 3.8) is 0 Å². The highest BCUT2D eigenvalue weighted by Crippen LogP contribution is 2.41. The predicted molar refractivity (Wildman–Crippen MR) is 216 cm³/mol. The number of hydrogen-bond acceptors (Lipinski definition) is 12. The lowest BCUT2D eigenvalue weighted by atomic mass is 9.80. The molecule has 1 aliphatic rings. The van der Waals surface area contributed by atoms with Gasteiger partial charge in [0.05, 0.1) is 6.61 Å². The van der Waals surface area contributed by atoms with Gasteiger partial charge in [0.2, 0.25) is 0 Å². The van der Waals surface area contributed by atoms with E-state index in [9.17, 15) is 24.3 Å². The lowest BCUT2D eigenvalue weighted by Gasteiger charge is -2.44. The molecule has 0 aromatic heterocycles. The fourth-order valence-corrected chi connectivity index (χ4v) is 6.68. The maximum absolute atomic E-state index is 13.3. The monoisotopic (exact) mass is 818 g/mol. The maximum Gasteiger partial charge on any atom is 0.407 e. The SMILES string of the molecule is CO[C@H]1O[C@@H](COC(c2ccccc2)(c2ccccc2)c2ccccc2)[C@H](O)[C@@H](OC(=O)CNC(=O)OCc2ccccc2)[C@@H]1OC(=O)CNC(=O)OCc1ccccc1. The zero-order valence-electron chi connectivity index (χ0n) is 32.8. The van der Waals surface area contributed by atoms with Crippen LogP contribution in [0.25, 0.3) is 0 Å². The van der Waals surface area contributed by atoms with Crippen LogP contribution in [0.3, 0.4) is 0 Å². The molecular weight excluding hydrogens is 773 g/mol. The molecule has 0 bridgehead atoms. The summed E-state index contributed by atoms with van der Waals surface area (Å²) in [5.41, 5.74) is 2.61. The lowest BCUT2D eigenvalue weighted by Crippen LogP contribution is -2.62. The Bertz CT molecular complexity index is 2010. The van der Waals surface area contributed by atoms with Crippen LogP contribution >= 0.6 is 0 Å². The number of hydrogen-bond donors (Lipinski definition) is 3. The van der Waals surface area contributed by atoms with E-state index in [0.29, 0.717) is 0 Å². The second kappa shape index (κ2) is 21.4. The molecule has 1 fully saturated rings. The van der Waals surface area contributed by atoms with Crippen LogP contribution in [0.4, 0.5) is 9.59 Å². The van der Waals surface area contributed by atoms with Crippen LogP contribution in [0.2, 0.25) is 0 Å². The molecular formula is C46H46N2O12. The number of esters is 2. The number of aliphatic hydroxyl groups excluding tert-OH is 1. The number of carbonyl (C=O) groups is 4. The van der Waals surface area contributed by atoms with E-state index in [1.807, 2.05) is 103 Å². The van der Waals surface area contributed by atoms with Crippen LogP contribution in [-0.2, 0) is 61.6 Å². The van der Waals surface area contributed by atoms with Gasteiger partial charge in [-0.2, -0.15) is 0 Å². The van der Waals surface area contributed by atoms with Crippen molar-refractivity contribution in [3.8, 4) is 0 Å². The molecule has 60 heavy (non-hydrogen) atoms.